The van der Waals surface area contributed by atoms with Crippen molar-refractivity contribution >= 4 is 29.9 Å². The lowest BCUT2D eigenvalue weighted by Crippen LogP contribution is -2.40. The van der Waals surface area contributed by atoms with Crippen LogP contribution in [0.2, 0.25) is 0 Å². The Hall–Kier alpha value is -0.820. The quantitative estimate of drug-likeness (QED) is 0.273. The number of nitrogens with zero attached hydrogens (tertiary/aromatic N) is 2. The largest absolute Gasteiger partial charge is 0.357 e. The van der Waals surface area contributed by atoms with Crippen LogP contribution in [0.1, 0.15) is 32.3 Å². The van der Waals surface area contributed by atoms with Gasteiger partial charge in [0.1, 0.15) is 0 Å². The molecule has 0 aliphatic carbocycles. The van der Waals surface area contributed by atoms with Crippen molar-refractivity contribution in [2.75, 3.05) is 33.7 Å². The van der Waals surface area contributed by atoms with E-state index in [4.69, 9.17) is 4.99 Å². The molecule has 0 aliphatic heterocycles. The minimum atomic E-state index is 0. The summed E-state index contributed by atoms with van der Waals surface area (Å²) >= 11 is 0. The van der Waals surface area contributed by atoms with E-state index in [0.29, 0.717) is 6.04 Å². The number of guanidine groups is 1. The number of halogens is 1. The maximum Gasteiger partial charge on any atom is 0.191 e. The minimum Gasteiger partial charge on any atom is -0.357 e. The Balaban J connectivity index is 0.00000484. The lowest BCUT2D eigenvalue weighted by molar-refractivity contribution is 0.298. The van der Waals surface area contributed by atoms with Gasteiger partial charge in [-0.3, -0.25) is 4.99 Å². The summed E-state index contributed by atoms with van der Waals surface area (Å²) in [6, 6.07) is 11.0. The average molecular weight is 432 g/mol. The van der Waals surface area contributed by atoms with E-state index in [1.807, 2.05) is 0 Å². The summed E-state index contributed by atoms with van der Waals surface area (Å²) in [6.45, 7) is 6.97. The zero-order valence-electron chi connectivity index (χ0n) is 15.0. The van der Waals surface area contributed by atoms with Gasteiger partial charge in [-0.2, -0.15) is 0 Å². The van der Waals surface area contributed by atoms with Crippen LogP contribution < -0.4 is 10.6 Å². The zero-order valence-corrected chi connectivity index (χ0v) is 17.3. The molecule has 0 bridgehead atoms. The van der Waals surface area contributed by atoms with E-state index in [1.54, 1.807) is 0 Å². The van der Waals surface area contributed by atoms with E-state index < -0.39 is 0 Å². The molecule has 132 valence electrons. The summed E-state index contributed by atoms with van der Waals surface area (Å²) < 4.78 is 0. The Kier molecular flexibility index (Phi) is 13.1. The summed E-state index contributed by atoms with van der Waals surface area (Å²) in [5.41, 5.74) is 1.36. The van der Waals surface area contributed by atoms with Crippen LogP contribution in [0.4, 0.5) is 0 Å². The third kappa shape index (κ3) is 9.81. The van der Waals surface area contributed by atoms with Crippen molar-refractivity contribution in [3.05, 3.63) is 35.9 Å². The van der Waals surface area contributed by atoms with Crippen molar-refractivity contribution < 1.29 is 0 Å². The first-order chi connectivity index (χ1) is 10.7. The van der Waals surface area contributed by atoms with Crippen LogP contribution in [0.25, 0.3) is 0 Å². The molecule has 0 radical (unpaired) electrons. The molecule has 1 unspecified atom stereocenters. The maximum absolute atomic E-state index is 4.76. The zero-order chi connectivity index (χ0) is 16.2. The molecule has 0 aromatic heterocycles. The molecule has 1 rings (SSSR count). The number of hydrogen-bond acceptors (Lipinski definition) is 2. The second kappa shape index (κ2) is 13.6. The first-order valence-electron chi connectivity index (χ1n) is 8.39. The molecular weight excluding hydrogens is 399 g/mol. The Morgan fingerprint density at radius 1 is 1.13 bits per heavy atom. The van der Waals surface area contributed by atoms with Crippen LogP contribution in [-0.4, -0.2) is 50.6 Å². The lowest BCUT2D eigenvalue weighted by Gasteiger charge is -2.23. The van der Waals surface area contributed by atoms with E-state index in [2.05, 4.69) is 73.8 Å². The number of likely N-dealkylation sites (N-methyl/N-ethyl adjacent to an activating group) is 1. The van der Waals surface area contributed by atoms with Gasteiger partial charge in [0, 0.05) is 19.1 Å². The van der Waals surface area contributed by atoms with E-state index in [1.165, 1.54) is 18.4 Å². The predicted molar refractivity (Wildman–Crippen MR) is 112 cm³/mol. The smallest absolute Gasteiger partial charge is 0.191 e. The molecule has 0 fully saturated rings. The van der Waals surface area contributed by atoms with Gasteiger partial charge in [-0.25, -0.2) is 0 Å². The van der Waals surface area contributed by atoms with Crippen LogP contribution in [0, 0.1) is 0 Å². The normalized spacial score (nSPS) is 12.7. The van der Waals surface area contributed by atoms with Crippen molar-refractivity contribution in [1.29, 1.82) is 0 Å². The monoisotopic (exact) mass is 432 g/mol. The highest BCUT2D eigenvalue weighted by Gasteiger charge is 2.12. The fourth-order valence-corrected chi connectivity index (χ4v) is 2.22. The van der Waals surface area contributed by atoms with Crippen LogP contribution >= 0.6 is 24.0 Å². The second-order valence-electron chi connectivity index (χ2n) is 5.81. The van der Waals surface area contributed by atoms with E-state index >= 15 is 0 Å². The van der Waals surface area contributed by atoms with Gasteiger partial charge in [0.15, 0.2) is 5.96 Å². The summed E-state index contributed by atoms with van der Waals surface area (Å²) in [5.74, 6) is 0.927. The topological polar surface area (TPSA) is 39.7 Å². The molecule has 1 aromatic carbocycles. The Morgan fingerprint density at radius 2 is 1.83 bits per heavy atom. The molecule has 0 spiro atoms. The molecular formula is C18H33IN4. The predicted octanol–water partition coefficient (Wildman–Crippen LogP) is 3.13. The fraction of sp³-hybridized carbons (Fsp3) is 0.611. The third-order valence-electron chi connectivity index (χ3n) is 3.67. The number of aliphatic imine (C=N–C) groups is 1. The van der Waals surface area contributed by atoms with Crippen molar-refractivity contribution in [3.63, 3.8) is 0 Å². The molecule has 0 heterocycles. The van der Waals surface area contributed by atoms with Crippen LogP contribution in [0.5, 0.6) is 0 Å². The molecule has 0 saturated heterocycles. The van der Waals surface area contributed by atoms with Gasteiger partial charge >= 0.3 is 0 Å². The molecule has 23 heavy (non-hydrogen) atoms. The SMILES string of the molecule is CCCCNC(=NCC(Cc1ccccc1)N(C)C)NCC.I. The highest BCUT2D eigenvalue weighted by Crippen LogP contribution is 2.07. The Labute approximate surface area is 159 Å². The number of unbranched alkanes of at least 4 members (excludes halogenated alkanes) is 1. The molecule has 0 aliphatic rings. The summed E-state index contributed by atoms with van der Waals surface area (Å²) in [6.07, 6.45) is 3.39. The first kappa shape index (κ1) is 22.2. The second-order valence-corrected chi connectivity index (χ2v) is 5.81. The van der Waals surface area contributed by atoms with Gasteiger partial charge in [0.05, 0.1) is 6.54 Å². The Morgan fingerprint density at radius 3 is 2.39 bits per heavy atom. The van der Waals surface area contributed by atoms with Gasteiger partial charge in [-0.05, 0) is 39.4 Å². The Bertz CT molecular complexity index is 420. The number of rotatable bonds is 9. The number of hydrogen-bond donors (Lipinski definition) is 2. The molecule has 0 saturated carbocycles. The van der Waals surface area contributed by atoms with Gasteiger partial charge in [-0.15, -0.1) is 24.0 Å². The first-order valence-corrected chi connectivity index (χ1v) is 8.39. The van der Waals surface area contributed by atoms with Crippen LogP contribution in [-0.2, 0) is 6.42 Å². The van der Waals surface area contributed by atoms with Gasteiger partial charge in [0.25, 0.3) is 0 Å². The standard InChI is InChI=1S/C18H32N4.HI/c1-5-7-13-20-18(19-6-2)21-15-17(22(3)4)14-16-11-9-8-10-12-16;/h8-12,17H,5-7,13-15H2,1-4H3,(H2,19,20,21);1H. The summed E-state index contributed by atoms with van der Waals surface area (Å²) in [7, 11) is 4.25. The van der Waals surface area contributed by atoms with Gasteiger partial charge in [-0.1, -0.05) is 43.7 Å². The van der Waals surface area contributed by atoms with Gasteiger partial charge in [0.2, 0.25) is 0 Å². The van der Waals surface area contributed by atoms with E-state index in [0.717, 1.165) is 32.0 Å². The summed E-state index contributed by atoms with van der Waals surface area (Å²) in [4.78, 5) is 7.01. The van der Waals surface area contributed by atoms with Crippen molar-refractivity contribution in [1.82, 2.24) is 15.5 Å². The van der Waals surface area contributed by atoms with Gasteiger partial charge < -0.3 is 15.5 Å². The van der Waals surface area contributed by atoms with E-state index in [-0.39, 0.29) is 24.0 Å². The van der Waals surface area contributed by atoms with Crippen molar-refractivity contribution in [2.24, 2.45) is 4.99 Å². The lowest BCUT2D eigenvalue weighted by atomic mass is 10.1. The van der Waals surface area contributed by atoms with E-state index in [9.17, 15) is 0 Å². The molecule has 5 heteroatoms. The highest BCUT2D eigenvalue weighted by atomic mass is 127. The molecule has 4 nitrogen and oxygen atoms in total. The van der Waals surface area contributed by atoms with Crippen LogP contribution in [0.15, 0.2) is 35.3 Å². The number of benzene rings is 1. The van der Waals surface area contributed by atoms with Crippen molar-refractivity contribution in [2.45, 2.75) is 39.2 Å². The molecule has 1 aromatic rings. The number of nitrogens with one attached hydrogen (secondary N) is 2. The molecule has 2 N–H and O–H groups in total. The molecule has 0 amide bonds. The van der Waals surface area contributed by atoms with Crippen molar-refractivity contribution in [3.8, 4) is 0 Å². The maximum atomic E-state index is 4.76. The average Bonchev–Trinajstić information content (AvgIpc) is 2.52. The third-order valence-corrected chi connectivity index (χ3v) is 3.67. The van der Waals surface area contributed by atoms with Crippen LogP contribution in [0.3, 0.4) is 0 Å². The molecule has 1 atom stereocenters. The summed E-state index contributed by atoms with van der Waals surface area (Å²) in [5, 5.41) is 6.72. The highest BCUT2D eigenvalue weighted by molar-refractivity contribution is 14.0. The fourth-order valence-electron chi connectivity index (χ4n) is 2.22. The minimum absolute atomic E-state index is 0.